The van der Waals surface area contributed by atoms with E-state index in [2.05, 4.69) is 9.97 Å². The monoisotopic (exact) mass is 365 g/mol. The molecule has 7 heteroatoms. The molecule has 7 nitrogen and oxygen atoms in total. The van der Waals surface area contributed by atoms with Crippen molar-refractivity contribution in [3.05, 3.63) is 63.8 Å². The third kappa shape index (κ3) is 3.67. The van der Waals surface area contributed by atoms with Gasteiger partial charge in [-0.1, -0.05) is 0 Å². The fourth-order valence-corrected chi connectivity index (χ4v) is 3.37. The number of fused-ring (bicyclic) bond motifs is 2. The van der Waals surface area contributed by atoms with E-state index in [4.69, 9.17) is 9.15 Å². The van der Waals surface area contributed by atoms with Gasteiger partial charge in [-0.3, -0.25) is 4.79 Å². The largest absolute Gasteiger partial charge is 0.459 e. The Labute approximate surface area is 155 Å². The first-order valence-corrected chi connectivity index (χ1v) is 8.82. The van der Waals surface area contributed by atoms with E-state index in [1.54, 1.807) is 30.4 Å². The number of nitrogens with zero attached hydrogens (tertiary/aromatic N) is 3. The van der Waals surface area contributed by atoms with Crippen LogP contribution in [0.15, 0.2) is 45.9 Å². The number of aromatic nitrogens is 2. The highest BCUT2D eigenvalue weighted by molar-refractivity contribution is 5.82. The van der Waals surface area contributed by atoms with Crippen molar-refractivity contribution < 1.29 is 13.9 Å². The summed E-state index contributed by atoms with van der Waals surface area (Å²) in [4.78, 5) is 33.8. The summed E-state index contributed by atoms with van der Waals surface area (Å²) >= 11 is 0. The van der Waals surface area contributed by atoms with Crippen LogP contribution < -0.4 is 10.5 Å². The van der Waals surface area contributed by atoms with Crippen LogP contribution in [-0.4, -0.2) is 29.5 Å². The molecular formula is C20H19N3O4. The molecule has 0 fully saturated rings. The average Bonchev–Trinajstić information content (AvgIpc) is 3.12. The molecular weight excluding hydrogens is 346 g/mol. The highest BCUT2D eigenvalue weighted by Gasteiger charge is 2.16. The number of aryl methyl sites for hydroxylation is 2. The fraction of sp³-hybridized carbons (Fsp3) is 0.300. The van der Waals surface area contributed by atoms with Crippen LogP contribution in [-0.2, 0) is 29.0 Å². The van der Waals surface area contributed by atoms with E-state index < -0.39 is 11.6 Å². The Balaban J connectivity index is 1.50. The van der Waals surface area contributed by atoms with Gasteiger partial charge < -0.3 is 14.1 Å². The van der Waals surface area contributed by atoms with E-state index in [0.717, 1.165) is 24.6 Å². The summed E-state index contributed by atoms with van der Waals surface area (Å²) in [6.07, 6.45) is 6.34. The maximum Gasteiger partial charge on any atom is 0.336 e. The summed E-state index contributed by atoms with van der Waals surface area (Å²) in [5.74, 6) is 0.0170. The van der Waals surface area contributed by atoms with Gasteiger partial charge in [-0.2, -0.15) is 0 Å². The molecule has 0 amide bonds. The van der Waals surface area contributed by atoms with Gasteiger partial charge in [0.1, 0.15) is 18.7 Å². The van der Waals surface area contributed by atoms with Crippen LogP contribution in [0.5, 0.6) is 0 Å². The molecule has 1 aliphatic carbocycles. The third-order valence-corrected chi connectivity index (χ3v) is 4.69. The second kappa shape index (κ2) is 7.19. The van der Waals surface area contributed by atoms with Crippen molar-refractivity contribution in [1.82, 2.24) is 9.97 Å². The molecule has 3 aromatic rings. The molecule has 2 aromatic heterocycles. The number of likely N-dealkylation sites (N-methyl/N-ethyl adjacent to an activating group) is 1. The molecule has 27 heavy (non-hydrogen) atoms. The van der Waals surface area contributed by atoms with Crippen LogP contribution in [0.4, 0.5) is 5.95 Å². The predicted molar refractivity (Wildman–Crippen MR) is 99.6 cm³/mol. The van der Waals surface area contributed by atoms with Crippen molar-refractivity contribution in [2.45, 2.75) is 25.9 Å². The van der Waals surface area contributed by atoms with Gasteiger partial charge >= 0.3 is 11.6 Å². The van der Waals surface area contributed by atoms with Crippen LogP contribution in [0.2, 0.25) is 0 Å². The molecule has 1 aliphatic rings. The highest BCUT2D eigenvalue weighted by Crippen LogP contribution is 2.28. The first-order chi connectivity index (χ1) is 13.1. The van der Waals surface area contributed by atoms with E-state index in [1.165, 1.54) is 17.2 Å². The zero-order chi connectivity index (χ0) is 18.8. The Kier molecular flexibility index (Phi) is 4.58. The Bertz CT molecular complexity index is 1050. The lowest BCUT2D eigenvalue weighted by Gasteiger charge is -2.15. The lowest BCUT2D eigenvalue weighted by atomic mass is 10.0. The van der Waals surface area contributed by atoms with Gasteiger partial charge in [-0.15, -0.1) is 0 Å². The Morgan fingerprint density at radius 3 is 2.70 bits per heavy atom. The topological polar surface area (TPSA) is 85.5 Å². The maximum atomic E-state index is 12.2. The van der Waals surface area contributed by atoms with Gasteiger partial charge in [0.2, 0.25) is 5.95 Å². The number of esters is 1. The van der Waals surface area contributed by atoms with Gasteiger partial charge in [0.25, 0.3) is 0 Å². The molecule has 4 rings (SSSR count). The lowest BCUT2D eigenvalue weighted by molar-refractivity contribution is -0.143. The van der Waals surface area contributed by atoms with Gasteiger partial charge in [0.05, 0.1) is 0 Å². The Hall–Kier alpha value is -3.22. The fourth-order valence-electron chi connectivity index (χ4n) is 3.37. The van der Waals surface area contributed by atoms with Crippen LogP contribution in [0.3, 0.4) is 0 Å². The van der Waals surface area contributed by atoms with E-state index >= 15 is 0 Å². The Morgan fingerprint density at radius 2 is 1.93 bits per heavy atom. The van der Waals surface area contributed by atoms with Crippen LogP contribution in [0.1, 0.15) is 23.1 Å². The first kappa shape index (κ1) is 17.2. The molecule has 2 heterocycles. The minimum absolute atomic E-state index is 0.0127. The highest BCUT2D eigenvalue weighted by atomic mass is 16.5. The molecule has 0 bridgehead atoms. The quantitative estimate of drug-likeness (QED) is 0.506. The van der Waals surface area contributed by atoms with Gasteiger partial charge in [-0.25, -0.2) is 14.8 Å². The van der Waals surface area contributed by atoms with Crippen molar-refractivity contribution in [2.75, 3.05) is 18.5 Å². The maximum absolute atomic E-state index is 12.2. The Morgan fingerprint density at radius 1 is 1.19 bits per heavy atom. The minimum Gasteiger partial charge on any atom is -0.459 e. The SMILES string of the molecule is CN(CC(=O)OCc1cc(=O)oc2cc3c(cc12)CCC3)c1ncccn1. The van der Waals surface area contributed by atoms with Gasteiger partial charge in [0.15, 0.2) is 0 Å². The normalized spacial score (nSPS) is 12.8. The number of carbonyl (C=O) groups excluding carboxylic acids is 1. The smallest absolute Gasteiger partial charge is 0.336 e. The van der Waals surface area contributed by atoms with Crippen LogP contribution in [0, 0.1) is 0 Å². The summed E-state index contributed by atoms with van der Waals surface area (Å²) in [7, 11) is 1.71. The number of hydrogen-bond donors (Lipinski definition) is 0. The van der Waals surface area contributed by atoms with Crippen molar-refractivity contribution >= 4 is 22.9 Å². The van der Waals surface area contributed by atoms with Crippen LogP contribution >= 0.6 is 0 Å². The van der Waals surface area contributed by atoms with E-state index in [1.807, 2.05) is 12.1 Å². The van der Waals surface area contributed by atoms with E-state index in [0.29, 0.717) is 17.1 Å². The van der Waals surface area contributed by atoms with Gasteiger partial charge in [0, 0.05) is 36.5 Å². The molecule has 0 N–H and O–H groups in total. The standard InChI is InChI=1S/C20H19N3O4/c1-23(20-21-6-3-7-22-20)11-19(25)26-12-15-10-18(24)27-17-9-14-5-2-4-13(14)8-16(15)17/h3,6-10H,2,4-5,11-12H2,1H3. The molecule has 1 aromatic carbocycles. The van der Waals surface area contributed by atoms with E-state index in [-0.39, 0.29) is 13.2 Å². The van der Waals surface area contributed by atoms with Crippen LogP contribution in [0.25, 0.3) is 11.0 Å². The zero-order valence-corrected chi connectivity index (χ0v) is 15.0. The second-order valence-electron chi connectivity index (χ2n) is 6.63. The number of benzene rings is 1. The summed E-state index contributed by atoms with van der Waals surface area (Å²) in [6.45, 7) is 0.0298. The first-order valence-electron chi connectivity index (χ1n) is 8.82. The molecule has 0 unspecified atom stereocenters. The third-order valence-electron chi connectivity index (χ3n) is 4.69. The predicted octanol–water partition coefficient (Wildman–Crippen LogP) is 2.25. The summed E-state index contributed by atoms with van der Waals surface area (Å²) in [5.41, 5.74) is 3.25. The van der Waals surface area contributed by atoms with Gasteiger partial charge in [-0.05, 0) is 48.6 Å². The van der Waals surface area contributed by atoms with Crippen molar-refractivity contribution in [2.24, 2.45) is 0 Å². The molecule has 0 atom stereocenters. The molecule has 0 aliphatic heterocycles. The van der Waals surface area contributed by atoms with E-state index in [9.17, 15) is 9.59 Å². The van der Waals surface area contributed by atoms with Crippen molar-refractivity contribution in [1.29, 1.82) is 0 Å². The second-order valence-corrected chi connectivity index (χ2v) is 6.63. The number of hydrogen-bond acceptors (Lipinski definition) is 7. The molecule has 0 spiro atoms. The minimum atomic E-state index is -0.443. The summed E-state index contributed by atoms with van der Waals surface area (Å²) in [5, 5.41) is 0.822. The zero-order valence-electron chi connectivity index (χ0n) is 15.0. The average molecular weight is 365 g/mol. The molecule has 0 radical (unpaired) electrons. The number of anilines is 1. The lowest BCUT2D eigenvalue weighted by Crippen LogP contribution is -2.28. The van der Waals surface area contributed by atoms with Crippen molar-refractivity contribution in [3.8, 4) is 0 Å². The summed E-state index contributed by atoms with van der Waals surface area (Å²) in [6, 6.07) is 7.08. The number of ether oxygens (including phenoxy) is 1. The number of carbonyl (C=O) groups is 1. The number of rotatable bonds is 5. The molecule has 0 saturated heterocycles. The molecule has 0 saturated carbocycles. The van der Waals surface area contributed by atoms with Crippen molar-refractivity contribution in [3.63, 3.8) is 0 Å². The molecule has 138 valence electrons. The summed E-state index contributed by atoms with van der Waals surface area (Å²) < 4.78 is 10.7.